The van der Waals surface area contributed by atoms with E-state index in [0.717, 1.165) is 38.4 Å². The van der Waals surface area contributed by atoms with Gasteiger partial charge < -0.3 is 15.4 Å². The number of nitrogens with zero attached hydrogens (tertiary/aromatic N) is 1. The van der Waals surface area contributed by atoms with Crippen LogP contribution in [0.2, 0.25) is 0 Å². The van der Waals surface area contributed by atoms with Crippen LogP contribution < -0.4 is 10.6 Å². The molecule has 0 aliphatic carbocycles. The number of ether oxygens (including phenoxy) is 1. The lowest BCUT2D eigenvalue weighted by Crippen LogP contribution is -2.35. The monoisotopic (exact) mass is 363 g/mol. The number of hydrogen-bond acceptors (Lipinski definition) is 4. The molecule has 0 spiro atoms. The molecule has 5 nitrogen and oxygen atoms in total. The Labute approximate surface area is 151 Å². The van der Waals surface area contributed by atoms with Crippen molar-refractivity contribution in [2.75, 3.05) is 39.9 Å². The molecule has 1 heterocycles. The largest absolute Gasteiger partial charge is 0.379 e. The number of benzene rings is 1. The van der Waals surface area contributed by atoms with E-state index in [1.807, 2.05) is 7.05 Å². The number of amides is 1. The molecule has 1 saturated heterocycles. The number of rotatable bonds is 7. The molecule has 0 unspecified atom stereocenters. The highest BCUT2D eigenvalue weighted by atomic mass is 35.5. The van der Waals surface area contributed by atoms with Crippen molar-refractivity contribution < 1.29 is 9.53 Å². The Morgan fingerprint density at radius 3 is 2.61 bits per heavy atom. The van der Waals surface area contributed by atoms with Crippen LogP contribution in [0.4, 0.5) is 0 Å². The van der Waals surface area contributed by atoms with E-state index in [4.69, 9.17) is 4.74 Å². The molecule has 2 rings (SSSR count). The molecule has 0 aromatic heterocycles. The van der Waals surface area contributed by atoms with Gasteiger partial charge in [0.2, 0.25) is 5.91 Å². The van der Waals surface area contributed by atoms with Crippen molar-refractivity contribution in [1.29, 1.82) is 0 Å². The maximum atomic E-state index is 11.6. The minimum atomic E-state index is 0. The van der Waals surface area contributed by atoms with Crippen molar-refractivity contribution in [3.8, 4) is 0 Å². The van der Waals surface area contributed by atoms with Crippen LogP contribution in [0.25, 0.3) is 0 Å². The highest BCUT2D eigenvalue weighted by Crippen LogP contribution is 2.10. The van der Waals surface area contributed by atoms with E-state index in [1.165, 1.54) is 5.56 Å². The van der Waals surface area contributed by atoms with Gasteiger partial charge in [-0.15, -0.1) is 24.8 Å². The SMILES string of the molecule is CNCCC(=O)NCc1cccc(CN2CCOCC2)c1.Cl.Cl. The fourth-order valence-corrected chi connectivity index (χ4v) is 2.38. The molecule has 0 saturated carbocycles. The van der Waals surface area contributed by atoms with Crippen molar-refractivity contribution in [2.45, 2.75) is 19.5 Å². The topological polar surface area (TPSA) is 53.6 Å². The van der Waals surface area contributed by atoms with Crippen LogP contribution in [-0.2, 0) is 22.6 Å². The fourth-order valence-electron chi connectivity index (χ4n) is 2.38. The molecule has 1 amide bonds. The summed E-state index contributed by atoms with van der Waals surface area (Å²) in [7, 11) is 1.85. The zero-order valence-electron chi connectivity index (χ0n) is 13.5. The van der Waals surface area contributed by atoms with Gasteiger partial charge in [0.25, 0.3) is 0 Å². The highest BCUT2D eigenvalue weighted by Gasteiger charge is 2.10. The molecular weight excluding hydrogens is 337 g/mol. The molecule has 23 heavy (non-hydrogen) atoms. The Hall–Kier alpha value is -0.850. The maximum Gasteiger partial charge on any atom is 0.221 e. The summed E-state index contributed by atoms with van der Waals surface area (Å²) >= 11 is 0. The lowest BCUT2D eigenvalue weighted by atomic mass is 10.1. The van der Waals surface area contributed by atoms with Gasteiger partial charge in [0.15, 0.2) is 0 Å². The lowest BCUT2D eigenvalue weighted by molar-refractivity contribution is -0.121. The zero-order valence-corrected chi connectivity index (χ0v) is 15.2. The Kier molecular flexibility index (Phi) is 12.1. The first-order chi connectivity index (χ1) is 10.3. The average Bonchev–Trinajstić information content (AvgIpc) is 2.52. The van der Waals surface area contributed by atoms with Crippen LogP contribution in [0.5, 0.6) is 0 Å². The van der Waals surface area contributed by atoms with Gasteiger partial charge >= 0.3 is 0 Å². The van der Waals surface area contributed by atoms with Gasteiger partial charge in [-0.1, -0.05) is 24.3 Å². The van der Waals surface area contributed by atoms with Crippen LogP contribution in [0, 0.1) is 0 Å². The van der Waals surface area contributed by atoms with E-state index in [-0.39, 0.29) is 30.7 Å². The predicted molar refractivity (Wildman–Crippen MR) is 97.4 cm³/mol. The molecule has 0 bridgehead atoms. The third kappa shape index (κ3) is 8.53. The Balaban J connectivity index is 0.00000242. The van der Waals surface area contributed by atoms with Crippen molar-refractivity contribution in [1.82, 2.24) is 15.5 Å². The predicted octanol–water partition coefficient (Wildman–Crippen LogP) is 1.59. The van der Waals surface area contributed by atoms with Gasteiger partial charge in [0.05, 0.1) is 13.2 Å². The summed E-state index contributed by atoms with van der Waals surface area (Å²) in [6.07, 6.45) is 0.518. The second-order valence-electron chi connectivity index (χ2n) is 5.34. The summed E-state index contributed by atoms with van der Waals surface area (Å²) in [5, 5.41) is 5.93. The Morgan fingerprint density at radius 1 is 1.22 bits per heavy atom. The molecule has 132 valence electrons. The molecule has 1 aliphatic rings. The van der Waals surface area contributed by atoms with E-state index in [0.29, 0.717) is 19.5 Å². The summed E-state index contributed by atoms with van der Waals surface area (Å²) < 4.78 is 5.36. The van der Waals surface area contributed by atoms with Gasteiger partial charge in [-0.25, -0.2) is 0 Å². The molecule has 0 atom stereocenters. The van der Waals surface area contributed by atoms with Crippen LogP contribution in [-0.4, -0.2) is 50.7 Å². The molecule has 2 N–H and O–H groups in total. The zero-order chi connectivity index (χ0) is 14.9. The average molecular weight is 364 g/mol. The van der Waals surface area contributed by atoms with Crippen LogP contribution in [0.15, 0.2) is 24.3 Å². The van der Waals surface area contributed by atoms with Gasteiger partial charge in [0.1, 0.15) is 0 Å². The molecule has 0 radical (unpaired) electrons. The Morgan fingerprint density at radius 2 is 1.91 bits per heavy atom. The molecule has 7 heteroatoms. The first kappa shape index (κ1) is 22.1. The first-order valence-electron chi connectivity index (χ1n) is 7.57. The molecule has 1 aromatic rings. The lowest BCUT2D eigenvalue weighted by Gasteiger charge is -2.26. The number of morpholine rings is 1. The third-order valence-corrected chi connectivity index (χ3v) is 3.59. The minimum Gasteiger partial charge on any atom is -0.379 e. The molecular formula is C16H27Cl2N3O2. The quantitative estimate of drug-likeness (QED) is 0.772. The van der Waals surface area contributed by atoms with Crippen molar-refractivity contribution in [3.05, 3.63) is 35.4 Å². The summed E-state index contributed by atoms with van der Waals surface area (Å²) in [6.45, 7) is 5.88. The normalized spacial score (nSPS) is 14.5. The molecule has 1 aliphatic heterocycles. The number of halogens is 2. The summed E-state index contributed by atoms with van der Waals surface area (Å²) in [5.74, 6) is 0.0860. The summed E-state index contributed by atoms with van der Waals surface area (Å²) in [4.78, 5) is 14.0. The van der Waals surface area contributed by atoms with E-state index in [9.17, 15) is 4.79 Å². The fraction of sp³-hybridized carbons (Fsp3) is 0.562. The first-order valence-corrected chi connectivity index (χ1v) is 7.57. The summed E-state index contributed by atoms with van der Waals surface area (Å²) in [5.41, 5.74) is 2.44. The van der Waals surface area contributed by atoms with Crippen LogP contribution >= 0.6 is 24.8 Å². The van der Waals surface area contributed by atoms with Gasteiger partial charge in [-0.05, 0) is 18.2 Å². The minimum absolute atomic E-state index is 0. The van der Waals surface area contributed by atoms with Crippen LogP contribution in [0.1, 0.15) is 17.5 Å². The highest BCUT2D eigenvalue weighted by molar-refractivity contribution is 5.85. The number of hydrogen-bond donors (Lipinski definition) is 2. The number of nitrogens with one attached hydrogen (secondary N) is 2. The van der Waals surface area contributed by atoms with Crippen LogP contribution in [0.3, 0.4) is 0 Å². The van der Waals surface area contributed by atoms with E-state index < -0.39 is 0 Å². The second-order valence-corrected chi connectivity index (χ2v) is 5.34. The number of carbonyl (C=O) groups is 1. The second kappa shape index (κ2) is 12.6. The third-order valence-electron chi connectivity index (χ3n) is 3.59. The molecule has 1 aromatic carbocycles. The van der Waals surface area contributed by atoms with Gasteiger partial charge in [-0.3, -0.25) is 9.69 Å². The summed E-state index contributed by atoms with van der Waals surface area (Å²) in [6, 6.07) is 8.43. The van der Waals surface area contributed by atoms with Crippen molar-refractivity contribution in [3.63, 3.8) is 0 Å². The number of carbonyl (C=O) groups excluding carboxylic acids is 1. The standard InChI is InChI=1S/C16H25N3O2.2ClH/c1-17-6-5-16(20)18-12-14-3-2-4-15(11-14)13-19-7-9-21-10-8-19;;/h2-4,11,17H,5-10,12-13H2,1H3,(H,18,20);2*1H. The van der Waals surface area contributed by atoms with Gasteiger partial charge in [0, 0.05) is 39.1 Å². The van der Waals surface area contributed by atoms with Gasteiger partial charge in [-0.2, -0.15) is 0 Å². The van der Waals surface area contributed by atoms with Crippen molar-refractivity contribution in [2.24, 2.45) is 0 Å². The Bertz CT molecular complexity index is 455. The van der Waals surface area contributed by atoms with E-state index in [2.05, 4.69) is 39.8 Å². The smallest absolute Gasteiger partial charge is 0.221 e. The maximum absolute atomic E-state index is 11.6. The van der Waals surface area contributed by atoms with E-state index >= 15 is 0 Å². The van der Waals surface area contributed by atoms with Crippen molar-refractivity contribution >= 4 is 30.7 Å². The van der Waals surface area contributed by atoms with E-state index in [1.54, 1.807) is 0 Å². The molecule has 1 fully saturated rings.